The highest BCUT2D eigenvalue weighted by atomic mass is 16.5. The second-order valence-corrected chi connectivity index (χ2v) is 9.54. The molecule has 2 aliphatic rings. The van der Waals surface area contributed by atoms with Gasteiger partial charge in [0.1, 0.15) is 6.61 Å². The summed E-state index contributed by atoms with van der Waals surface area (Å²) in [5.41, 5.74) is 9.90. The van der Waals surface area contributed by atoms with E-state index in [-0.39, 0.29) is 18.3 Å². The highest BCUT2D eigenvalue weighted by Crippen LogP contribution is 2.29. The van der Waals surface area contributed by atoms with Crippen molar-refractivity contribution in [2.24, 2.45) is 0 Å². The highest BCUT2D eigenvalue weighted by Gasteiger charge is 2.31. The molecule has 5 rings (SSSR count). The third kappa shape index (κ3) is 5.19. The smallest absolute Gasteiger partial charge is 0.254 e. The molecule has 2 N–H and O–H groups in total. The third-order valence-electron chi connectivity index (χ3n) is 7.17. The lowest BCUT2D eigenvalue weighted by Gasteiger charge is -2.28. The van der Waals surface area contributed by atoms with Gasteiger partial charge in [0.05, 0.1) is 11.6 Å². The van der Waals surface area contributed by atoms with Crippen molar-refractivity contribution in [2.45, 2.75) is 38.3 Å². The number of amides is 1. The van der Waals surface area contributed by atoms with Gasteiger partial charge in [0, 0.05) is 42.0 Å². The van der Waals surface area contributed by atoms with Gasteiger partial charge in [-0.05, 0) is 68.6 Å². The van der Waals surface area contributed by atoms with Gasteiger partial charge in [0.15, 0.2) is 11.6 Å². The largest absolute Gasteiger partial charge is 0.485 e. The summed E-state index contributed by atoms with van der Waals surface area (Å²) < 4.78 is 5.92. The molecule has 7 nitrogen and oxygen atoms in total. The van der Waals surface area contributed by atoms with E-state index in [2.05, 4.69) is 20.9 Å². The fraction of sp³-hybridized carbons (Fsp3) is 0.345. The van der Waals surface area contributed by atoms with Crippen LogP contribution in [-0.4, -0.2) is 52.9 Å². The molecule has 0 spiro atoms. The van der Waals surface area contributed by atoms with Gasteiger partial charge in [0.2, 0.25) is 0 Å². The summed E-state index contributed by atoms with van der Waals surface area (Å²) >= 11 is 0. The molecule has 3 aromatic rings. The lowest BCUT2D eigenvalue weighted by molar-refractivity contribution is 0.0709. The van der Waals surface area contributed by atoms with Gasteiger partial charge < -0.3 is 20.3 Å². The summed E-state index contributed by atoms with van der Waals surface area (Å²) in [6.07, 6.45) is 6.39. The Morgan fingerprint density at radius 1 is 1.06 bits per heavy atom. The summed E-state index contributed by atoms with van der Waals surface area (Å²) in [5.74, 6) is 0.860. The second-order valence-electron chi connectivity index (χ2n) is 9.54. The number of carbonyl (C=O) groups is 1. The Morgan fingerprint density at radius 2 is 1.83 bits per heavy atom. The molecular formula is C29H31N5O2. The van der Waals surface area contributed by atoms with E-state index >= 15 is 0 Å². The Morgan fingerprint density at radius 3 is 2.61 bits per heavy atom. The van der Waals surface area contributed by atoms with Gasteiger partial charge in [-0.1, -0.05) is 30.3 Å². The molecule has 1 atom stereocenters. The minimum Gasteiger partial charge on any atom is -0.485 e. The lowest BCUT2D eigenvalue weighted by Crippen LogP contribution is -2.42. The van der Waals surface area contributed by atoms with E-state index in [0.29, 0.717) is 22.9 Å². The number of likely N-dealkylation sites (tertiary alicyclic amines) is 2. The van der Waals surface area contributed by atoms with Gasteiger partial charge in [-0.25, -0.2) is 4.98 Å². The fourth-order valence-corrected chi connectivity index (χ4v) is 5.17. The first-order valence-corrected chi connectivity index (χ1v) is 12.6. The number of nitrogen functional groups attached to an aromatic ring is 1. The quantitative estimate of drug-likeness (QED) is 0.535. The van der Waals surface area contributed by atoms with Crippen molar-refractivity contribution in [3.05, 3.63) is 77.5 Å². The molecule has 0 saturated carbocycles. The molecule has 2 aromatic carbocycles. The maximum absolute atomic E-state index is 13.3. The average molecular weight is 482 g/mol. The standard InChI is InChI=1S/C29H31N5O2/c30-17-23-6-1-2-7-24(23)20-36-27-16-25(18-32-28(27)31)21-9-11-22(12-10-21)29(35)34-15-5-8-26(34)19-33-13-3-4-14-33/h1-2,6-7,9-12,16,18,26H,3-5,8,13-15,19-20H2,(H2,31,32)/t26-/m1/s1. The van der Waals surface area contributed by atoms with Crippen molar-refractivity contribution >= 4 is 11.7 Å². The predicted molar refractivity (Wildman–Crippen MR) is 139 cm³/mol. The van der Waals surface area contributed by atoms with E-state index in [1.54, 1.807) is 12.3 Å². The number of nitrogens with zero attached hydrogens (tertiary/aromatic N) is 4. The second kappa shape index (κ2) is 10.8. The summed E-state index contributed by atoms with van der Waals surface area (Å²) in [6.45, 7) is 4.35. The molecule has 0 radical (unpaired) electrons. The Hall–Kier alpha value is -3.89. The normalized spacial score (nSPS) is 17.8. The van der Waals surface area contributed by atoms with Crippen LogP contribution in [0.4, 0.5) is 5.82 Å². The molecule has 184 valence electrons. The van der Waals surface area contributed by atoms with Gasteiger partial charge in [-0.3, -0.25) is 4.79 Å². The van der Waals surface area contributed by atoms with Crippen LogP contribution in [0.1, 0.15) is 47.2 Å². The zero-order valence-corrected chi connectivity index (χ0v) is 20.4. The number of hydrogen-bond donors (Lipinski definition) is 1. The molecule has 7 heteroatoms. The van der Waals surface area contributed by atoms with Gasteiger partial charge in [-0.2, -0.15) is 5.26 Å². The molecule has 0 aliphatic carbocycles. The molecule has 2 saturated heterocycles. The monoisotopic (exact) mass is 481 g/mol. The predicted octanol–water partition coefficient (Wildman–Crippen LogP) is 4.48. The molecule has 0 bridgehead atoms. The van der Waals surface area contributed by atoms with Crippen molar-refractivity contribution in [2.75, 3.05) is 31.9 Å². The molecule has 3 heterocycles. The molecule has 2 fully saturated rings. The topological polar surface area (TPSA) is 95.5 Å². The van der Waals surface area contributed by atoms with Crippen LogP contribution in [0.2, 0.25) is 0 Å². The number of nitriles is 1. The molecule has 1 amide bonds. The Labute approximate surface area is 212 Å². The van der Waals surface area contributed by atoms with Gasteiger partial charge in [-0.15, -0.1) is 0 Å². The summed E-state index contributed by atoms with van der Waals surface area (Å²) in [7, 11) is 0. The first-order valence-electron chi connectivity index (χ1n) is 12.6. The van der Waals surface area contributed by atoms with Crippen LogP contribution < -0.4 is 10.5 Å². The molecule has 1 aromatic heterocycles. The van der Waals surface area contributed by atoms with Gasteiger partial charge >= 0.3 is 0 Å². The maximum atomic E-state index is 13.3. The number of ether oxygens (including phenoxy) is 1. The van der Waals surface area contributed by atoms with Crippen LogP contribution in [0.15, 0.2) is 60.8 Å². The number of aromatic nitrogens is 1. The van der Waals surface area contributed by atoms with Crippen LogP contribution >= 0.6 is 0 Å². The van der Waals surface area contributed by atoms with Crippen LogP contribution in [0.3, 0.4) is 0 Å². The van der Waals surface area contributed by atoms with Crippen LogP contribution in [0.5, 0.6) is 5.75 Å². The Bertz CT molecular complexity index is 1260. The van der Waals surface area contributed by atoms with Gasteiger partial charge in [0.25, 0.3) is 5.91 Å². The Kier molecular flexibility index (Phi) is 7.15. The summed E-state index contributed by atoms with van der Waals surface area (Å²) in [6, 6.07) is 19.3. The number of rotatable bonds is 7. The van der Waals surface area contributed by atoms with Crippen LogP contribution in [0, 0.1) is 11.3 Å². The minimum atomic E-state index is 0.110. The SMILES string of the molecule is N#Cc1ccccc1COc1cc(-c2ccc(C(=O)N3CCC[C@@H]3CN3CCCC3)cc2)cnc1N. The Balaban J connectivity index is 1.27. The van der Waals surface area contributed by atoms with Crippen molar-refractivity contribution in [1.82, 2.24) is 14.8 Å². The van der Waals surface area contributed by atoms with E-state index in [4.69, 9.17) is 10.5 Å². The van der Waals surface area contributed by atoms with Crippen molar-refractivity contribution in [3.63, 3.8) is 0 Å². The first kappa shape index (κ1) is 23.8. The molecule has 2 aliphatic heterocycles. The zero-order chi connectivity index (χ0) is 24.9. The van der Waals surface area contributed by atoms with Crippen molar-refractivity contribution < 1.29 is 9.53 Å². The summed E-state index contributed by atoms with van der Waals surface area (Å²) in [5, 5.41) is 9.30. The van der Waals surface area contributed by atoms with Crippen molar-refractivity contribution in [1.29, 1.82) is 5.26 Å². The number of anilines is 1. The van der Waals surface area contributed by atoms with Crippen LogP contribution in [-0.2, 0) is 6.61 Å². The summed E-state index contributed by atoms with van der Waals surface area (Å²) in [4.78, 5) is 22.1. The first-order chi connectivity index (χ1) is 17.6. The lowest BCUT2D eigenvalue weighted by atomic mass is 10.0. The van der Waals surface area contributed by atoms with E-state index in [1.165, 1.54) is 12.8 Å². The number of benzene rings is 2. The van der Waals surface area contributed by atoms with E-state index in [1.807, 2.05) is 48.5 Å². The fourth-order valence-electron chi connectivity index (χ4n) is 5.17. The maximum Gasteiger partial charge on any atom is 0.254 e. The number of nitrogens with two attached hydrogens (primary N) is 1. The van der Waals surface area contributed by atoms with Crippen LogP contribution in [0.25, 0.3) is 11.1 Å². The average Bonchev–Trinajstić information content (AvgIpc) is 3.61. The molecule has 0 unspecified atom stereocenters. The molecular weight excluding hydrogens is 450 g/mol. The van der Waals surface area contributed by atoms with Crippen molar-refractivity contribution in [3.8, 4) is 22.9 Å². The third-order valence-corrected chi connectivity index (χ3v) is 7.17. The van der Waals surface area contributed by atoms with E-state index < -0.39 is 0 Å². The number of pyridine rings is 1. The van der Waals surface area contributed by atoms with E-state index in [9.17, 15) is 10.1 Å². The number of carbonyl (C=O) groups excluding carboxylic acids is 1. The number of hydrogen-bond acceptors (Lipinski definition) is 6. The molecule has 36 heavy (non-hydrogen) atoms. The van der Waals surface area contributed by atoms with E-state index in [0.717, 1.165) is 55.7 Å². The highest BCUT2D eigenvalue weighted by molar-refractivity contribution is 5.95. The zero-order valence-electron chi connectivity index (χ0n) is 20.4. The minimum absolute atomic E-state index is 0.110.